The molecule has 0 fully saturated rings. The number of amides is 1. The van der Waals surface area contributed by atoms with Crippen LogP contribution in [0.3, 0.4) is 0 Å². The Bertz CT molecular complexity index is 1310. The van der Waals surface area contributed by atoms with Crippen molar-refractivity contribution in [2.45, 2.75) is 25.9 Å². The van der Waals surface area contributed by atoms with Crippen molar-refractivity contribution in [3.8, 4) is 11.6 Å². The number of benzene rings is 2. The highest BCUT2D eigenvalue weighted by Crippen LogP contribution is 2.32. The monoisotopic (exact) mass is 488 g/mol. The first-order valence-electron chi connectivity index (χ1n) is 11.4. The van der Waals surface area contributed by atoms with Crippen LogP contribution < -0.4 is 9.64 Å². The molecule has 0 saturated heterocycles. The predicted molar refractivity (Wildman–Crippen MR) is 134 cm³/mol. The molecule has 1 amide bonds. The third-order valence-corrected chi connectivity index (χ3v) is 6.79. The molecule has 1 aliphatic rings. The van der Waals surface area contributed by atoms with E-state index >= 15 is 0 Å². The van der Waals surface area contributed by atoms with Crippen LogP contribution in [-0.4, -0.2) is 34.4 Å². The molecule has 35 heavy (non-hydrogen) atoms. The standard InChI is InChI=1S/C27H25FN4O2S/c1-31(17-19-8-3-2-4-9-19)27-29-23-13-14-32(25(33)16-20-10-7-15-35-20)18-21(23)26(30-27)34-24-12-6-5-11-22(24)28/h2-12,15H,13-14,16-18H2,1H3. The van der Waals surface area contributed by atoms with Gasteiger partial charge in [0.25, 0.3) is 0 Å². The van der Waals surface area contributed by atoms with E-state index in [1.54, 1.807) is 34.4 Å². The maximum atomic E-state index is 14.4. The Kier molecular flexibility index (Phi) is 6.72. The molecule has 0 unspecified atom stereocenters. The van der Waals surface area contributed by atoms with Crippen LogP contribution in [0.25, 0.3) is 0 Å². The van der Waals surface area contributed by atoms with E-state index in [-0.39, 0.29) is 17.5 Å². The Morgan fingerprint density at radius 3 is 2.66 bits per heavy atom. The van der Waals surface area contributed by atoms with Crippen molar-refractivity contribution in [3.63, 3.8) is 0 Å². The number of carbonyl (C=O) groups excluding carboxylic acids is 1. The molecule has 4 aromatic rings. The number of fused-ring (bicyclic) bond motifs is 1. The van der Waals surface area contributed by atoms with Gasteiger partial charge >= 0.3 is 0 Å². The Hall–Kier alpha value is -3.78. The van der Waals surface area contributed by atoms with Gasteiger partial charge in [0.1, 0.15) is 0 Å². The van der Waals surface area contributed by atoms with Crippen molar-refractivity contribution in [2.24, 2.45) is 0 Å². The zero-order valence-electron chi connectivity index (χ0n) is 19.4. The zero-order valence-corrected chi connectivity index (χ0v) is 20.2. The minimum atomic E-state index is -0.472. The largest absolute Gasteiger partial charge is 0.435 e. The van der Waals surface area contributed by atoms with Crippen LogP contribution in [0.1, 0.15) is 21.7 Å². The van der Waals surface area contributed by atoms with Crippen molar-refractivity contribution in [1.29, 1.82) is 0 Å². The van der Waals surface area contributed by atoms with Gasteiger partial charge in [-0.15, -0.1) is 11.3 Å². The molecule has 178 valence electrons. The van der Waals surface area contributed by atoms with E-state index in [9.17, 15) is 9.18 Å². The van der Waals surface area contributed by atoms with Gasteiger partial charge in [0.2, 0.25) is 17.7 Å². The molecule has 8 heteroatoms. The van der Waals surface area contributed by atoms with Crippen molar-refractivity contribution in [2.75, 3.05) is 18.5 Å². The minimum Gasteiger partial charge on any atom is -0.435 e. The van der Waals surface area contributed by atoms with Crippen LogP contribution in [0.2, 0.25) is 0 Å². The molecule has 0 spiro atoms. The molecule has 0 N–H and O–H groups in total. The number of carbonyl (C=O) groups is 1. The topological polar surface area (TPSA) is 58.6 Å². The Labute approximate surface area is 207 Å². The molecule has 2 aromatic carbocycles. The quantitative estimate of drug-likeness (QED) is 0.356. The molecule has 5 rings (SSSR count). The third kappa shape index (κ3) is 5.33. The van der Waals surface area contributed by atoms with E-state index in [4.69, 9.17) is 9.72 Å². The van der Waals surface area contributed by atoms with Crippen LogP contribution in [0.4, 0.5) is 10.3 Å². The maximum absolute atomic E-state index is 14.4. The van der Waals surface area contributed by atoms with Gasteiger partial charge in [-0.05, 0) is 29.1 Å². The van der Waals surface area contributed by atoms with E-state index in [0.717, 1.165) is 21.7 Å². The lowest BCUT2D eigenvalue weighted by atomic mass is 10.1. The molecule has 0 radical (unpaired) electrons. The second-order valence-corrected chi connectivity index (χ2v) is 9.48. The Balaban J connectivity index is 1.45. The average Bonchev–Trinajstić information content (AvgIpc) is 3.38. The predicted octanol–water partition coefficient (Wildman–Crippen LogP) is 5.23. The molecule has 0 atom stereocenters. The summed E-state index contributed by atoms with van der Waals surface area (Å²) in [6.45, 7) is 1.51. The molecule has 0 aliphatic carbocycles. The van der Waals surface area contributed by atoms with Crippen molar-refractivity contribution in [3.05, 3.63) is 99.6 Å². The molecule has 6 nitrogen and oxygen atoms in total. The highest BCUT2D eigenvalue weighted by molar-refractivity contribution is 7.10. The van der Waals surface area contributed by atoms with Crippen LogP contribution in [0, 0.1) is 5.82 Å². The number of nitrogens with zero attached hydrogens (tertiary/aromatic N) is 4. The summed E-state index contributed by atoms with van der Waals surface area (Å²) >= 11 is 1.57. The number of rotatable bonds is 7. The van der Waals surface area contributed by atoms with Crippen LogP contribution in [0.15, 0.2) is 72.1 Å². The molecule has 2 aromatic heterocycles. The van der Waals surface area contributed by atoms with Crippen LogP contribution in [-0.2, 0) is 30.7 Å². The summed E-state index contributed by atoms with van der Waals surface area (Å²) in [7, 11) is 1.92. The highest BCUT2D eigenvalue weighted by atomic mass is 32.1. The summed E-state index contributed by atoms with van der Waals surface area (Å²) in [6.07, 6.45) is 0.934. The first-order chi connectivity index (χ1) is 17.1. The van der Waals surface area contributed by atoms with Gasteiger partial charge in [-0.1, -0.05) is 48.5 Å². The van der Waals surface area contributed by atoms with Gasteiger partial charge in [-0.25, -0.2) is 9.37 Å². The lowest BCUT2D eigenvalue weighted by Gasteiger charge is -2.30. The summed E-state index contributed by atoms with van der Waals surface area (Å²) in [5.74, 6) is 0.439. The number of hydrogen-bond donors (Lipinski definition) is 0. The lowest BCUT2D eigenvalue weighted by Crippen LogP contribution is -2.37. The lowest BCUT2D eigenvalue weighted by molar-refractivity contribution is -0.131. The number of thiophene rings is 1. The van der Waals surface area contributed by atoms with Gasteiger partial charge in [-0.2, -0.15) is 4.98 Å². The summed E-state index contributed by atoms with van der Waals surface area (Å²) in [5, 5.41) is 1.97. The molecule has 0 saturated carbocycles. The van der Waals surface area contributed by atoms with Crippen molar-refractivity contribution in [1.82, 2.24) is 14.9 Å². The molecule has 3 heterocycles. The van der Waals surface area contributed by atoms with E-state index in [1.807, 2.05) is 59.8 Å². The van der Waals surface area contributed by atoms with Gasteiger partial charge in [-0.3, -0.25) is 4.79 Å². The van der Waals surface area contributed by atoms with Gasteiger partial charge < -0.3 is 14.5 Å². The number of hydrogen-bond acceptors (Lipinski definition) is 6. The Morgan fingerprint density at radius 1 is 1.09 bits per heavy atom. The summed E-state index contributed by atoms with van der Waals surface area (Å²) in [6, 6.07) is 20.2. The SMILES string of the molecule is CN(Cc1ccccc1)c1nc2c(c(Oc3ccccc3F)n1)CN(C(=O)Cc1cccs1)CC2. The van der Waals surface area contributed by atoms with E-state index < -0.39 is 5.82 Å². The second kappa shape index (κ2) is 10.2. The van der Waals surface area contributed by atoms with Crippen molar-refractivity contribution >= 4 is 23.2 Å². The first-order valence-corrected chi connectivity index (χ1v) is 12.3. The fraction of sp³-hybridized carbons (Fsp3) is 0.222. The van der Waals surface area contributed by atoms with Crippen molar-refractivity contribution < 1.29 is 13.9 Å². The fourth-order valence-electron chi connectivity index (χ4n) is 4.07. The molecule has 1 aliphatic heterocycles. The fourth-order valence-corrected chi connectivity index (χ4v) is 4.77. The molecule has 0 bridgehead atoms. The van der Waals surface area contributed by atoms with Crippen LogP contribution >= 0.6 is 11.3 Å². The van der Waals surface area contributed by atoms with Gasteiger partial charge in [0.05, 0.1) is 24.2 Å². The van der Waals surface area contributed by atoms with E-state index in [1.165, 1.54) is 6.07 Å². The normalized spacial score (nSPS) is 12.8. The maximum Gasteiger partial charge on any atom is 0.229 e. The van der Waals surface area contributed by atoms with E-state index in [2.05, 4.69) is 4.98 Å². The number of para-hydroxylation sites is 1. The second-order valence-electron chi connectivity index (χ2n) is 8.45. The summed E-state index contributed by atoms with van der Waals surface area (Å²) in [4.78, 5) is 27.2. The van der Waals surface area contributed by atoms with Gasteiger partial charge in [0, 0.05) is 31.4 Å². The Morgan fingerprint density at radius 2 is 1.89 bits per heavy atom. The molecular formula is C27H25FN4O2S. The third-order valence-electron chi connectivity index (χ3n) is 5.92. The van der Waals surface area contributed by atoms with E-state index in [0.29, 0.717) is 38.4 Å². The minimum absolute atomic E-state index is 0.0419. The van der Waals surface area contributed by atoms with Gasteiger partial charge in [0.15, 0.2) is 11.6 Å². The van der Waals surface area contributed by atoms with Crippen LogP contribution in [0.5, 0.6) is 11.6 Å². The number of ether oxygens (including phenoxy) is 1. The summed E-state index contributed by atoms with van der Waals surface area (Å²) in [5.41, 5.74) is 2.66. The first kappa shape index (κ1) is 23.0. The highest BCUT2D eigenvalue weighted by Gasteiger charge is 2.28. The number of aromatic nitrogens is 2. The molecular weight excluding hydrogens is 463 g/mol. The number of halogens is 1. The number of anilines is 1. The average molecular weight is 489 g/mol. The summed E-state index contributed by atoms with van der Waals surface area (Å²) < 4.78 is 20.4. The smallest absolute Gasteiger partial charge is 0.229 e. The zero-order chi connectivity index (χ0) is 24.2.